The van der Waals surface area contributed by atoms with Crippen molar-refractivity contribution < 1.29 is 4.74 Å². The van der Waals surface area contributed by atoms with Gasteiger partial charge in [0, 0.05) is 18.9 Å². The predicted molar refractivity (Wildman–Crippen MR) is 65.9 cm³/mol. The van der Waals surface area contributed by atoms with Crippen molar-refractivity contribution in [2.75, 3.05) is 12.9 Å². The molecule has 0 aliphatic rings. The first-order chi connectivity index (χ1) is 6.37. The molecule has 86 valence electrons. The van der Waals surface area contributed by atoms with E-state index in [0.29, 0.717) is 11.3 Å². The van der Waals surface area contributed by atoms with Crippen LogP contribution in [-0.2, 0) is 4.74 Å². The zero-order valence-corrected chi connectivity index (χ0v) is 11.0. The summed E-state index contributed by atoms with van der Waals surface area (Å²) < 4.78 is 5.35. The minimum absolute atomic E-state index is 0.0277. The first-order valence-corrected chi connectivity index (χ1v) is 6.34. The van der Waals surface area contributed by atoms with Crippen LogP contribution >= 0.6 is 11.8 Å². The quantitative estimate of drug-likeness (QED) is 0.715. The van der Waals surface area contributed by atoms with Gasteiger partial charge in [-0.2, -0.15) is 11.8 Å². The maximum atomic E-state index is 6.01. The van der Waals surface area contributed by atoms with Crippen LogP contribution in [0.1, 0.15) is 40.5 Å². The molecule has 0 fully saturated rings. The van der Waals surface area contributed by atoms with E-state index in [1.807, 2.05) is 11.8 Å². The van der Waals surface area contributed by atoms with Crippen molar-refractivity contribution in [3.63, 3.8) is 0 Å². The number of hydrogen-bond acceptors (Lipinski definition) is 3. The molecule has 0 bridgehead atoms. The van der Waals surface area contributed by atoms with Crippen molar-refractivity contribution in [3.8, 4) is 0 Å². The fourth-order valence-corrected chi connectivity index (χ4v) is 1.83. The molecule has 1 unspecified atom stereocenters. The van der Waals surface area contributed by atoms with Gasteiger partial charge in [-0.25, -0.2) is 0 Å². The molecule has 0 saturated carbocycles. The largest absolute Gasteiger partial charge is 0.379 e. The zero-order chi connectivity index (χ0) is 11.2. The lowest BCUT2D eigenvalue weighted by atomic mass is 10.00. The van der Waals surface area contributed by atoms with Gasteiger partial charge in [-0.1, -0.05) is 13.8 Å². The number of hydrogen-bond donors (Lipinski definition) is 1. The van der Waals surface area contributed by atoms with E-state index >= 15 is 0 Å². The van der Waals surface area contributed by atoms with Crippen molar-refractivity contribution in [1.29, 1.82) is 0 Å². The van der Waals surface area contributed by atoms with Crippen LogP contribution in [0.25, 0.3) is 0 Å². The molecule has 0 aromatic heterocycles. The smallest absolute Gasteiger partial charge is 0.0623 e. The summed E-state index contributed by atoms with van der Waals surface area (Å²) in [7, 11) is 1.76. The fourth-order valence-electron chi connectivity index (χ4n) is 1.03. The molecule has 0 saturated heterocycles. The summed E-state index contributed by atoms with van der Waals surface area (Å²) in [5.74, 6) is 1.05. The number of thioether (sulfide) groups is 1. The summed E-state index contributed by atoms with van der Waals surface area (Å²) >= 11 is 1.93. The van der Waals surface area contributed by atoms with Crippen molar-refractivity contribution in [2.45, 2.75) is 57.4 Å². The third-order valence-corrected chi connectivity index (χ3v) is 3.60. The normalized spacial score (nSPS) is 14.8. The third kappa shape index (κ3) is 7.65. The lowest BCUT2D eigenvalue weighted by Gasteiger charge is -2.24. The van der Waals surface area contributed by atoms with E-state index in [4.69, 9.17) is 10.5 Å². The molecule has 1 atom stereocenters. The van der Waals surface area contributed by atoms with Gasteiger partial charge in [0.05, 0.1) is 5.60 Å². The molecule has 0 aliphatic carbocycles. The third-order valence-electron chi connectivity index (χ3n) is 2.31. The Labute approximate surface area is 93.0 Å². The van der Waals surface area contributed by atoms with Crippen LogP contribution < -0.4 is 5.73 Å². The number of rotatable bonds is 7. The van der Waals surface area contributed by atoms with Gasteiger partial charge >= 0.3 is 0 Å². The van der Waals surface area contributed by atoms with E-state index in [2.05, 4.69) is 27.7 Å². The fraction of sp³-hybridized carbons (Fsp3) is 1.00. The predicted octanol–water partition coefficient (Wildman–Crippen LogP) is 2.66. The number of methoxy groups -OCH3 is 1. The molecule has 0 radical (unpaired) electrons. The molecular weight excluding hydrogens is 194 g/mol. The second kappa shape index (κ2) is 6.70. The van der Waals surface area contributed by atoms with Crippen molar-refractivity contribution in [3.05, 3.63) is 0 Å². The number of ether oxygens (including phenoxy) is 1. The van der Waals surface area contributed by atoms with Gasteiger partial charge < -0.3 is 10.5 Å². The average Bonchev–Trinajstić information content (AvgIpc) is 2.11. The van der Waals surface area contributed by atoms with Crippen LogP contribution in [0.4, 0.5) is 0 Å². The van der Waals surface area contributed by atoms with Crippen LogP contribution in [0.2, 0.25) is 0 Å². The Kier molecular flexibility index (Phi) is 6.83. The Hall–Kier alpha value is 0.270. The molecule has 0 rings (SSSR count). The standard InChI is InChI=1S/C11H25NOS/c1-9(2)14-8-10(12)6-7-11(3,4)13-5/h9-10H,6-8,12H2,1-5H3. The average molecular weight is 219 g/mol. The molecule has 0 aromatic carbocycles. The molecule has 0 aromatic rings. The van der Waals surface area contributed by atoms with Crippen LogP contribution in [-0.4, -0.2) is 29.8 Å². The highest BCUT2D eigenvalue weighted by atomic mass is 32.2. The Morgan fingerprint density at radius 2 is 1.93 bits per heavy atom. The summed E-state index contributed by atoms with van der Waals surface area (Å²) in [6, 6.07) is 0.303. The Morgan fingerprint density at radius 3 is 2.36 bits per heavy atom. The summed E-state index contributed by atoms with van der Waals surface area (Å²) in [4.78, 5) is 0. The SMILES string of the molecule is COC(C)(C)CCC(N)CSC(C)C. The van der Waals surface area contributed by atoms with Gasteiger partial charge in [0.1, 0.15) is 0 Å². The summed E-state index contributed by atoms with van der Waals surface area (Å²) in [6.07, 6.45) is 2.07. The highest BCUT2D eigenvalue weighted by Gasteiger charge is 2.17. The highest BCUT2D eigenvalue weighted by molar-refractivity contribution is 7.99. The molecule has 3 heteroatoms. The minimum Gasteiger partial charge on any atom is -0.379 e. The van der Waals surface area contributed by atoms with Crippen LogP contribution in [0.5, 0.6) is 0 Å². The van der Waals surface area contributed by atoms with E-state index in [9.17, 15) is 0 Å². The van der Waals surface area contributed by atoms with Crippen LogP contribution in [0.15, 0.2) is 0 Å². The molecule has 0 spiro atoms. The van der Waals surface area contributed by atoms with Crippen LogP contribution in [0, 0.1) is 0 Å². The second-order valence-corrected chi connectivity index (χ2v) is 6.25. The maximum Gasteiger partial charge on any atom is 0.0623 e. The first kappa shape index (κ1) is 14.3. The summed E-state index contributed by atoms with van der Waals surface area (Å²) in [5, 5.41) is 0.677. The lowest BCUT2D eigenvalue weighted by molar-refractivity contribution is 0.0129. The molecule has 2 N–H and O–H groups in total. The van der Waals surface area contributed by atoms with Crippen molar-refractivity contribution in [2.24, 2.45) is 5.73 Å². The van der Waals surface area contributed by atoms with Gasteiger partial charge in [-0.3, -0.25) is 0 Å². The summed E-state index contributed by atoms with van der Waals surface area (Å²) in [5.41, 5.74) is 5.98. The molecule has 0 aliphatic heterocycles. The topological polar surface area (TPSA) is 35.2 Å². The number of nitrogens with two attached hydrogens (primary N) is 1. The van der Waals surface area contributed by atoms with E-state index in [0.717, 1.165) is 18.6 Å². The van der Waals surface area contributed by atoms with Crippen molar-refractivity contribution >= 4 is 11.8 Å². The molecule has 2 nitrogen and oxygen atoms in total. The van der Waals surface area contributed by atoms with E-state index in [1.165, 1.54) is 0 Å². The van der Waals surface area contributed by atoms with E-state index < -0.39 is 0 Å². The van der Waals surface area contributed by atoms with Gasteiger partial charge in [0.2, 0.25) is 0 Å². The van der Waals surface area contributed by atoms with E-state index in [-0.39, 0.29) is 5.60 Å². The van der Waals surface area contributed by atoms with Gasteiger partial charge in [-0.15, -0.1) is 0 Å². The summed E-state index contributed by atoms with van der Waals surface area (Å²) in [6.45, 7) is 8.62. The minimum atomic E-state index is -0.0277. The second-order valence-electron chi connectivity index (χ2n) is 4.64. The van der Waals surface area contributed by atoms with Crippen LogP contribution in [0.3, 0.4) is 0 Å². The van der Waals surface area contributed by atoms with Gasteiger partial charge in [0.15, 0.2) is 0 Å². The zero-order valence-electron chi connectivity index (χ0n) is 10.2. The first-order valence-electron chi connectivity index (χ1n) is 5.29. The Bertz CT molecular complexity index is 148. The Balaban J connectivity index is 3.58. The molecule has 0 amide bonds. The maximum absolute atomic E-state index is 6.01. The lowest BCUT2D eigenvalue weighted by Crippen LogP contribution is -2.29. The van der Waals surface area contributed by atoms with Gasteiger partial charge in [0.25, 0.3) is 0 Å². The molecule has 0 heterocycles. The highest BCUT2D eigenvalue weighted by Crippen LogP contribution is 2.18. The molecule has 14 heavy (non-hydrogen) atoms. The van der Waals surface area contributed by atoms with Crippen molar-refractivity contribution in [1.82, 2.24) is 0 Å². The van der Waals surface area contributed by atoms with E-state index in [1.54, 1.807) is 7.11 Å². The van der Waals surface area contributed by atoms with Gasteiger partial charge in [-0.05, 0) is 31.9 Å². The monoisotopic (exact) mass is 219 g/mol. The molecular formula is C11H25NOS. The Morgan fingerprint density at radius 1 is 1.36 bits per heavy atom.